The van der Waals surface area contributed by atoms with Crippen molar-refractivity contribution in [1.29, 1.82) is 0 Å². The number of anilines is 2. The van der Waals surface area contributed by atoms with E-state index >= 15 is 0 Å². The van der Waals surface area contributed by atoms with Gasteiger partial charge in [0.1, 0.15) is 0 Å². The van der Waals surface area contributed by atoms with E-state index in [0.29, 0.717) is 33.9 Å². The fraction of sp³-hybridized carbons (Fsp3) is 0.462. The molecule has 1 saturated carbocycles. The standard InChI is InChI=1S/C13H18ClN3O/c1-7(8-3-4-8)17(2)12-10(13(16)18)5-9(15)6-11(12)14/h5-8H,3-4,15H2,1-2H3,(H2,16,18). The lowest BCUT2D eigenvalue weighted by Crippen LogP contribution is -2.33. The first kappa shape index (κ1) is 13.0. The molecule has 1 aromatic rings. The molecule has 1 atom stereocenters. The molecule has 4 nitrogen and oxygen atoms in total. The van der Waals surface area contributed by atoms with Crippen LogP contribution in [0.25, 0.3) is 0 Å². The minimum Gasteiger partial charge on any atom is -0.399 e. The molecule has 1 fully saturated rings. The van der Waals surface area contributed by atoms with Crippen LogP contribution in [0, 0.1) is 5.92 Å². The van der Waals surface area contributed by atoms with E-state index in [0.717, 1.165) is 0 Å². The largest absolute Gasteiger partial charge is 0.399 e. The second-order valence-corrected chi connectivity index (χ2v) is 5.36. The molecule has 0 spiro atoms. The molecule has 0 aromatic heterocycles. The van der Waals surface area contributed by atoms with E-state index < -0.39 is 5.91 Å². The number of carbonyl (C=O) groups excluding carboxylic acids is 1. The minimum absolute atomic E-state index is 0.337. The summed E-state index contributed by atoms with van der Waals surface area (Å²) in [5.41, 5.74) is 12.6. The molecule has 98 valence electrons. The Morgan fingerprint density at radius 3 is 2.61 bits per heavy atom. The van der Waals surface area contributed by atoms with Crippen molar-refractivity contribution < 1.29 is 4.79 Å². The van der Waals surface area contributed by atoms with E-state index in [1.165, 1.54) is 12.8 Å². The first-order valence-corrected chi connectivity index (χ1v) is 6.41. The number of rotatable bonds is 4. The average molecular weight is 268 g/mol. The van der Waals surface area contributed by atoms with Crippen LogP contribution in [-0.2, 0) is 0 Å². The van der Waals surface area contributed by atoms with Crippen LogP contribution < -0.4 is 16.4 Å². The number of halogens is 1. The van der Waals surface area contributed by atoms with E-state index in [4.69, 9.17) is 23.1 Å². The van der Waals surface area contributed by atoms with Crippen LogP contribution in [0.4, 0.5) is 11.4 Å². The predicted molar refractivity (Wildman–Crippen MR) is 75.0 cm³/mol. The van der Waals surface area contributed by atoms with Gasteiger partial charge in [-0.3, -0.25) is 4.79 Å². The summed E-state index contributed by atoms with van der Waals surface area (Å²) in [4.78, 5) is 13.5. The zero-order chi connectivity index (χ0) is 13.4. The Kier molecular flexibility index (Phi) is 3.39. The molecule has 2 rings (SSSR count). The number of carbonyl (C=O) groups is 1. The van der Waals surface area contributed by atoms with Crippen LogP contribution in [0.1, 0.15) is 30.1 Å². The number of amides is 1. The van der Waals surface area contributed by atoms with Crippen LogP contribution in [0.2, 0.25) is 5.02 Å². The fourth-order valence-corrected chi connectivity index (χ4v) is 2.63. The Hall–Kier alpha value is -1.42. The minimum atomic E-state index is -0.506. The second kappa shape index (κ2) is 4.69. The molecule has 0 radical (unpaired) electrons. The van der Waals surface area contributed by atoms with Gasteiger partial charge >= 0.3 is 0 Å². The lowest BCUT2D eigenvalue weighted by molar-refractivity contribution is 0.100. The molecular formula is C13H18ClN3O. The van der Waals surface area contributed by atoms with Crippen molar-refractivity contribution >= 4 is 28.9 Å². The molecule has 0 heterocycles. The maximum Gasteiger partial charge on any atom is 0.250 e. The quantitative estimate of drug-likeness (QED) is 0.822. The van der Waals surface area contributed by atoms with E-state index in [2.05, 4.69) is 6.92 Å². The number of nitrogen functional groups attached to an aromatic ring is 1. The highest BCUT2D eigenvalue weighted by molar-refractivity contribution is 6.34. The highest BCUT2D eigenvalue weighted by Gasteiger charge is 2.32. The van der Waals surface area contributed by atoms with Crippen LogP contribution in [-0.4, -0.2) is 19.0 Å². The summed E-state index contributed by atoms with van der Waals surface area (Å²) in [5.74, 6) is 0.165. The van der Waals surface area contributed by atoms with Crippen molar-refractivity contribution in [3.8, 4) is 0 Å². The number of nitrogens with two attached hydrogens (primary N) is 2. The summed E-state index contributed by atoms with van der Waals surface area (Å²) in [6.07, 6.45) is 2.45. The van der Waals surface area contributed by atoms with Crippen molar-refractivity contribution in [2.75, 3.05) is 17.7 Å². The van der Waals surface area contributed by atoms with Crippen molar-refractivity contribution in [3.63, 3.8) is 0 Å². The van der Waals surface area contributed by atoms with Gasteiger partial charge in [0, 0.05) is 18.8 Å². The highest BCUT2D eigenvalue weighted by atomic mass is 35.5. The Balaban J connectivity index is 2.44. The molecule has 0 aliphatic heterocycles. The fourth-order valence-electron chi connectivity index (χ4n) is 2.26. The second-order valence-electron chi connectivity index (χ2n) is 4.95. The lowest BCUT2D eigenvalue weighted by atomic mass is 10.1. The molecule has 1 unspecified atom stereocenters. The van der Waals surface area contributed by atoms with Gasteiger partial charge in [-0.25, -0.2) is 0 Å². The molecule has 1 aliphatic rings. The first-order valence-electron chi connectivity index (χ1n) is 6.03. The number of nitrogens with zero attached hydrogens (tertiary/aromatic N) is 1. The van der Waals surface area contributed by atoms with Crippen molar-refractivity contribution in [2.24, 2.45) is 11.7 Å². The van der Waals surface area contributed by atoms with Crippen molar-refractivity contribution in [3.05, 3.63) is 22.7 Å². The van der Waals surface area contributed by atoms with Gasteiger partial charge in [0.25, 0.3) is 5.91 Å². The first-order chi connectivity index (χ1) is 8.41. The summed E-state index contributed by atoms with van der Waals surface area (Å²) >= 11 is 6.21. The van der Waals surface area contributed by atoms with Gasteiger partial charge in [0.2, 0.25) is 0 Å². The molecule has 1 aliphatic carbocycles. The molecule has 0 bridgehead atoms. The number of hydrogen-bond acceptors (Lipinski definition) is 3. The maximum atomic E-state index is 11.5. The summed E-state index contributed by atoms with van der Waals surface area (Å²) in [7, 11) is 1.94. The highest BCUT2D eigenvalue weighted by Crippen LogP contribution is 2.39. The molecule has 4 N–H and O–H groups in total. The zero-order valence-electron chi connectivity index (χ0n) is 10.6. The van der Waals surface area contributed by atoms with Gasteiger partial charge in [-0.2, -0.15) is 0 Å². The Bertz CT molecular complexity index is 485. The smallest absolute Gasteiger partial charge is 0.250 e. The van der Waals surface area contributed by atoms with Gasteiger partial charge in [-0.1, -0.05) is 11.6 Å². The van der Waals surface area contributed by atoms with Crippen LogP contribution >= 0.6 is 11.6 Å². The molecule has 0 saturated heterocycles. The number of benzene rings is 1. The monoisotopic (exact) mass is 267 g/mol. The third kappa shape index (κ3) is 2.38. The third-order valence-corrected chi connectivity index (χ3v) is 3.91. The molecule has 1 aromatic carbocycles. The summed E-state index contributed by atoms with van der Waals surface area (Å²) in [5, 5.41) is 0.471. The van der Waals surface area contributed by atoms with Crippen molar-refractivity contribution in [1.82, 2.24) is 0 Å². The van der Waals surface area contributed by atoms with Crippen molar-refractivity contribution in [2.45, 2.75) is 25.8 Å². The molecule has 5 heteroatoms. The molecule has 1 amide bonds. The van der Waals surface area contributed by atoms with Gasteiger partial charge < -0.3 is 16.4 Å². The lowest BCUT2D eigenvalue weighted by Gasteiger charge is -2.29. The topological polar surface area (TPSA) is 72.3 Å². The number of hydrogen-bond donors (Lipinski definition) is 2. The van der Waals surface area contributed by atoms with Gasteiger partial charge in [-0.05, 0) is 37.8 Å². The zero-order valence-corrected chi connectivity index (χ0v) is 11.4. The maximum absolute atomic E-state index is 11.5. The summed E-state index contributed by atoms with van der Waals surface area (Å²) in [6, 6.07) is 3.57. The summed E-state index contributed by atoms with van der Waals surface area (Å²) < 4.78 is 0. The third-order valence-electron chi connectivity index (χ3n) is 3.62. The Labute approximate surface area is 112 Å². The molecular weight excluding hydrogens is 250 g/mol. The normalized spacial score (nSPS) is 16.4. The van der Waals surface area contributed by atoms with Gasteiger partial charge in [0.05, 0.1) is 16.3 Å². The average Bonchev–Trinajstić information content (AvgIpc) is 3.09. The SMILES string of the molecule is CC(C1CC1)N(C)c1c(Cl)cc(N)cc1C(N)=O. The predicted octanol–water partition coefficient (Wildman–Crippen LogP) is 2.26. The van der Waals surface area contributed by atoms with Crippen LogP contribution in [0.5, 0.6) is 0 Å². The summed E-state index contributed by atoms with van der Waals surface area (Å²) in [6.45, 7) is 2.13. The van der Waals surface area contributed by atoms with Crippen LogP contribution in [0.15, 0.2) is 12.1 Å². The van der Waals surface area contributed by atoms with Crippen LogP contribution in [0.3, 0.4) is 0 Å². The Morgan fingerprint density at radius 2 is 2.11 bits per heavy atom. The van der Waals surface area contributed by atoms with Gasteiger partial charge in [-0.15, -0.1) is 0 Å². The van der Waals surface area contributed by atoms with E-state index in [1.807, 2.05) is 11.9 Å². The molecule has 18 heavy (non-hydrogen) atoms. The van der Waals surface area contributed by atoms with E-state index in [-0.39, 0.29) is 0 Å². The van der Waals surface area contributed by atoms with Gasteiger partial charge in [0.15, 0.2) is 0 Å². The Morgan fingerprint density at radius 1 is 1.50 bits per heavy atom. The van der Waals surface area contributed by atoms with E-state index in [9.17, 15) is 4.79 Å². The number of primary amides is 1. The van der Waals surface area contributed by atoms with E-state index in [1.54, 1.807) is 12.1 Å².